The molecule has 1 amide bonds. The number of anilines is 1. The van der Waals surface area contributed by atoms with Crippen LogP contribution in [0.2, 0.25) is 0 Å². The van der Waals surface area contributed by atoms with Crippen molar-refractivity contribution < 1.29 is 4.79 Å². The fourth-order valence-corrected chi connectivity index (χ4v) is 4.09. The molecule has 0 unspecified atom stereocenters. The Bertz CT molecular complexity index is 526. The number of carbonyl (C=O) groups is 1. The van der Waals surface area contributed by atoms with Gasteiger partial charge >= 0.3 is 0 Å². The van der Waals surface area contributed by atoms with Crippen molar-refractivity contribution in [2.45, 2.75) is 39.0 Å². The minimum absolute atomic E-state index is 0.0966. The van der Waals surface area contributed by atoms with Gasteiger partial charge in [-0.05, 0) is 63.6 Å². The number of nitrogens with zero attached hydrogens (tertiary/aromatic N) is 2. The second-order valence-corrected chi connectivity index (χ2v) is 7.57. The summed E-state index contributed by atoms with van der Waals surface area (Å²) in [6.07, 6.45) is 5.63. The first kappa shape index (κ1) is 17.3. The number of carbonyl (C=O) groups excluding carboxylic acids is 1. The van der Waals surface area contributed by atoms with Gasteiger partial charge in [0.25, 0.3) is 0 Å². The molecule has 0 spiro atoms. The van der Waals surface area contributed by atoms with Gasteiger partial charge in [-0.2, -0.15) is 0 Å². The van der Waals surface area contributed by atoms with Gasteiger partial charge in [0, 0.05) is 37.8 Å². The molecule has 0 radical (unpaired) electrons. The zero-order valence-corrected chi connectivity index (χ0v) is 14.9. The van der Waals surface area contributed by atoms with Crippen molar-refractivity contribution in [2.24, 2.45) is 17.6 Å². The summed E-state index contributed by atoms with van der Waals surface area (Å²) in [5, 5.41) is 0. The Kier molecular flexibility index (Phi) is 5.77. The van der Waals surface area contributed by atoms with E-state index in [0.29, 0.717) is 0 Å². The summed E-state index contributed by atoms with van der Waals surface area (Å²) in [6.45, 7) is 7.90. The second kappa shape index (κ2) is 8.02. The molecule has 0 aromatic heterocycles. The molecular weight excluding hydrogens is 298 g/mol. The van der Waals surface area contributed by atoms with Crippen LogP contribution < -0.4 is 10.6 Å². The van der Waals surface area contributed by atoms with E-state index >= 15 is 0 Å². The quantitative estimate of drug-likeness (QED) is 0.904. The normalized spacial score (nSPS) is 25.6. The van der Waals surface area contributed by atoms with E-state index in [1.165, 1.54) is 37.1 Å². The maximum Gasteiger partial charge on any atom is 0.220 e. The number of rotatable bonds is 5. The Morgan fingerprint density at radius 1 is 1.04 bits per heavy atom. The third-order valence-corrected chi connectivity index (χ3v) is 5.87. The van der Waals surface area contributed by atoms with Gasteiger partial charge in [-0.3, -0.25) is 9.69 Å². The lowest BCUT2D eigenvalue weighted by molar-refractivity contribution is -0.122. The molecule has 1 aliphatic heterocycles. The third kappa shape index (κ3) is 4.50. The Balaban J connectivity index is 1.37. The zero-order chi connectivity index (χ0) is 16.9. The topological polar surface area (TPSA) is 49.6 Å². The Morgan fingerprint density at radius 3 is 2.25 bits per heavy atom. The fraction of sp³-hybridized carbons (Fsp3) is 0.650. The van der Waals surface area contributed by atoms with Crippen molar-refractivity contribution in [2.75, 3.05) is 37.6 Å². The highest BCUT2D eigenvalue weighted by Gasteiger charge is 2.25. The number of amides is 1. The molecule has 4 nitrogen and oxygen atoms in total. The lowest BCUT2D eigenvalue weighted by Gasteiger charge is -2.37. The number of hydrogen-bond donors (Lipinski definition) is 1. The zero-order valence-electron chi connectivity index (χ0n) is 14.9. The van der Waals surface area contributed by atoms with E-state index in [-0.39, 0.29) is 11.8 Å². The van der Waals surface area contributed by atoms with Crippen LogP contribution in [0, 0.1) is 18.8 Å². The average molecular weight is 329 g/mol. The van der Waals surface area contributed by atoms with Crippen molar-refractivity contribution in [3.63, 3.8) is 0 Å². The van der Waals surface area contributed by atoms with Crippen LogP contribution in [0.25, 0.3) is 0 Å². The summed E-state index contributed by atoms with van der Waals surface area (Å²) in [6, 6.07) is 8.87. The Morgan fingerprint density at radius 2 is 1.67 bits per heavy atom. The van der Waals surface area contributed by atoms with Crippen LogP contribution in [-0.2, 0) is 4.79 Å². The minimum Gasteiger partial charge on any atom is -0.369 e. The number of benzene rings is 1. The number of hydrogen-bond acceptors (Lipinski definition) is 3. The molecule has 1 saturated heterocycles. The molecule has 0 bridgehead atoms. The monoisotopic (exact) mass is 329 g/mol. The molecule has 2 aliphatic rings. The highest BCUT2D eigenvalue weighted by Crippen LogP contribution is 2.30. The van der Waals surface area contributed by atoms with Crippen LogP contribution >= 0.6 is 0 Å². The molecule has 132 valence electrons. The molecule has 24 heavy (non-hydrogen) atoms. The predicted octanol–water partition coefficient (Wildman–Crippen LogP) is 2.80. The molecule has 1 saturated carbocycles. The van der Waals surface area contributed by atoms with Crippen molar-refractivity contribution in [1.82, 2.24) is 4.90 Å². The van der Waals surface area contributed by atoms with E-state index in [4.69, 9.17) is 5.73 Å². The van der Waals surface area contributed by atoms with Gasteiger partial charge in [-0.25, -0.2) is 0 Å². The predicted molar refractivity (Wildman–Crippen MR) is 99.1 cm³/mol. The summed E-state index contributed by atoms with van der Waals surface area (Å²) in [4.78, 5) is 16.3. The summed E-state index contributed by atoms with van der Waals surface area (Å²) in [7, 11) is 0. The van der Waals surface area contributed by atoms with Gasteiger partial charge in [-0.1, -0.05) is 17.7 Å². The maximum atomic E-state index is 11.2. The number of primary amides is 1. The van der Waals surface area contributed by atoms with Gasteiger partial charge in [0.2, 0.25) is 5.91 Å². The molecule has 2 N–H and O–H groups in total. The highest BCUT2D eigenvalue weighted by molar-refractivity contribution is 5.76. The third-order valence-electron chi connectivity index (χ3n) is 5.87. The van der Waals surface area contributed by atoms with Crippen molar-refractivity contribution in [3.8, 4) is 0 Å². The summed E-state index contributed by atoms with van der Waals surface area (Å²) >= 11 is 0. The number of piperazine rings is 1. The van der Waals surface area contributed by atoms with Crippen LogP contribution in [0.4, 0.5) is 5.69 Å². The van der Waals surface area contributed by atoms with Crippen molar-refractivity contribution in [1.29, 1.82) is 0 Å². The number of nitrogens with two attached hydrogens (primary N) is 1. The van der Waals surface area contributed by atoms with E-state index in [0.717, 1.165) is 44.9 Å². The molecule has 4 heteroatoms. The number of aryl methyl sites for hydroxylation is 1. The lowest BCUT2D eigenvalue weighted by Crippen LogP contribution is -2.47. The first-order valence-electron chi connectivity index (χ1n) is 9.45. The fourth-order valence-electron chi connectivity index (χ4n) is 4.09. The molecule has 1 heterocycles. The van der Waals surface area contributed by atoms with E-state index in [1.807, 2.05) is 0 Å². The van der Waals surface area contributed by atoms with Gasteiger partial charge in [0.15, 0.2) is 0 Å². The highest BCUT2D eigenvalue weighted by atomic mass is 16.1. The van der Waals surface area contributed by atoms with E-state index in [2.05, 4.69) is 41.0 Å². The molecule has 3 rings (SSSR count). The van der Waals surface area contributed by atoms with Crippen molar-refractivity contribution >= 4 is 11.6 Å². The van der Waals surface area contributed by atoms with Gasteiger partial charge in [-0.15, -0.1) is 0 Å². The minimum atomic E-state index is -0.0966. The van der Waals surface area contributed by atoms with Crippen molar-refractivity contribution in [3.05, 3.63) is 29.8 Å². The second-order valence-electron chi connectivity index (χ2n) is 7.57. The summed E-state index contributed by atoms with van der Waals surface area (Å²) in [5.74, 6) is 0.829. The molecule has 1 aliphatic carbocycles. The summed E-state index contributed by atoms with van der Waals surface area (Å²) < 4.78 is 0. The molecular formula is C20H31N3O. The van der Waals surface area contributed by atoms with Crippen LogP contribution in [-0.4, -0.2) is 43.5 Å². The van der Waals surface area contributed by atoms with Crippen LogP contribution in [0.1, 0.15) is 37.7 Å². The largest absolute Gasteiger partial charge is 0.369 e. The van der Waals surface area contributed by atoms with Gasteiger partial charge in [0.1, 0.15) is 0 Å². The van der Waals surface area contributed by atoms with Gasteiger partial charge in [0.05, 0.1) is 0 Å². The SMILES string of the molecule is Cc1ccc(N2CCN(CCC3CCC(C(N)=O)CC3)CC2)cc1. The summed E-state index contributed by atoms with van der Waals surface area (Å²) in [5.41, 5.74) is 8.10. The average Bonchev–Trinajstić information content (AvgIpc) is 2.61. The van der Waals surface area contributed by atoms with E-state index in [9.17, 15) is 4.79 Å². The van der Waals surface area contributed by atoms with Crippen LogP contribution in [0.5, 0.6) is 0 Å². The van der Waals surface area contributed by atoms with Gasteiger partial charge < -0.3 is 10.6 Å². The van der Waals surface area contributed by atoms with Crippen LogP contribution in [0.3, 0.4) is 0 Å². The molecule has 0 atom stereocenters. The van der Waals surface area contributed by atoms with E-state index < -0.39 is 0 Å². The van der Waals surface area contributed by atoms with Crippen LogP contribution in [0.15, 0.2) is 24.3 Å². The lowest BCUT2D eigenvalue weighted by atomic mass is 9.80. The molecule has 2 fully saturated rings. The molecule has 1 aromatic carbocycles. The Labute approximate surface area is 146 Å². The standard InChI is InChI=1S/C20H31N3O/c1-16-2-8-19(9-3-16)23-14-12-22(13-15-23)11-10-17-4-6-18(7-5-17)20(21)24/h2-3,8-9,17-18H,4-7,10-15H2,1H3,(H2,21,24). The van der Waals surface area contributed by atoms with E-state index in [1.54, 1.807) is 0 Å². The maximum absolute atomic E-state index is 11.2. The molecule has 1 aromatic rings. The smallest absolute Gasteiger partial charge is 0.220 e. The first-order valence-corrected chi connectivity index (χ1v) is 9.45. The Hall–Kier alpha value is -1.55. The first-order chi connectivity index (χ1) is 11.6.